The summed E-state index contributed by atoms with van der Waals surface area (Å²) in [5.74, 6) is -0.691. The van der Waals surface area contributed by atoms with E-state index in [1.807, 2.05) is 35.2 Å². The molecular weight excluding hydrogens is 226 g/mol. The van der Waals surface area contributed by atoms with Gasteiger partial charge in [0.25, 0.3) is 0 Å². The molecule has 1 aromatic rings. The first-order chi connectivity index (χ1) is 7.27. The van der Waals surface area contributed by atoms with Crippen LogP contribution in [0.2, 0.25) is 0 Å². The van der Waals surface area contributed by atoms with Crippen molar-refractivity contribution in [3.63, 3.8) is 0 Å². The van der Waals surface area contributed by atoms with Crippen molar-refractivity contribution in [2.75, 3.05) is 6.54 Å². The second-order valence-electron chi connectivity index (χ2n) is 3.95. The van der Waals surface area contributed by atoms with Crippen LogP contribution in [0.25, 0.3) is 0 Å². The third-order valence-corrected chi connectivity index (χ3v) is 2.88. The number of carbonyl (C=O) groups is 1. The maximum atomic E-state index is 11.0. The number of halogens is 1. The van der Waals surface area contributed by atoms with Crippen molar-refractivity contribution in [1.29, 1.82) is 0 Å². The maximum Gasteiger partial charge on any atom is 0.320 e. The van der Waals surface area contributed by atoms with Crippen LogP contribution in [0.3, 0.4) is 0 Å². The number of carboxylic acids is 1. The van der Waals surface area contributed by atoms with Gasteiger partial charge in [0, 0.05) is 6.54 Å². The second kappa shape index (κ2) is 5.87. The molecule has 4 heteroatoms. The van der Waals surface area contributed by atoms with E-state index in [0.29, 0.717) is 0 Å². The lowest BCUT2D eigenvalue weighted by molar-refractivity contribution is -0.142. The van der Waals surface area contributed by atoms with E-state index in [9.17, 15) is 4.79 Å². The van der Waals surface area contributed by atoms with E-state index in [4.69, 9.17) is 5.11 Å². The first kappa shape index (κ1) is 13.0. The van der Waals surface area contributed by atoms with Crippen LogP contribution >= 0.6 is 12.4 Å². The maximum absolute atomic E-state index is 11.0. The minimum Gasteiger partial charge on any atom is -0.480 e. The minimum absolute atomic E-state index is 0. The summed E-state index contributed by atoms with van der Waals surface area (Å²) in [6.07, 6.45) is 1.77. The predicted octanol–water partition coefficient (Wildman–Crippen LogP) is 2.16. The molecule has 1 atom stereocenters. The van der Waals surface area contributed by atoms with Gasteiger partial charge in [0.15, 0.2) is 0 Å². The second-order valence-corrected chi connectivity index (χ2v) is 3.95. The number of hydrogen-bond donors (Lipinski definition) is 1. The zero-order valence-electron chi connectivity index (χ0n) is 9.00. The van der Waals surface area contributed by atoms with E-state index in [1.54, 1.807) is 0 Å². The summed E-state index contributed by atoms with van der Waals surface area (Å²) in [6.45, 7) is 1.64. The highest BCUT2D eigenvalue weighted by atomic mass is 35.5. The summed E-state index contributed by atoms with van der Waals surface area (Å²) >= 11 is 0. The van der Waals surface area contributed by atoms with Gasteiger partial charge in [-0.3, -0.25) is 9.69 Å². The molecule has 0 amide bonds. The number of nitrogens with zero attached hydrogens (tertiary/aromatic N) is 1. The van der Waals surface area contributed by atoms with E-state index in [1.165, 1.54) is 5.56 Å². The Hall–Kier alpha value is -1.06. The molecule has 1 N–H and O–H groups in total. The highest BCUT2D eigenvalue weighted by Crippen LogP contribution is 2.19. The molecule has 0 unspecified atom stereocenters. The van der Waals surface area contributed by atoms with Crippen LogP contribution in [-0.4, -0.2) is 28.6 Å². The number of carboxylic acid groups (broad SMARTS) is 1. The molecule has 16 heavy (non-hydrogen) atoms. The Labute approximate surface area is 101 Å². The highest BCUT2D eigenvalue weighted by Gasteiger charge is 2.29. The molecule has 2 rings (SSSR count). The van der Waals surface area contributed by atoms with Gasteiger partial charge in [-0.2, -0.15) is 0 Å². The molecule has 3 nitrogen and oxygen atoms in total. The van der Waals surface area contributed by atoms with Gasteiger partial charge in [0.1, 0.15) is 6.04 Å². The van der Waals surface area contributed by atoms with Gasteiger partial charge in [-0.05, 0) is 24.9 Å². The van der Waals surface area contributed by atoms with Crippen molar-refractivity contribution in [3.05, 3.63) is 35.9 Å². The first-order valence-electron chi connectivity index (χ1n) is 5.28. The molecule has 0 radical (unpaired) electrons. The average molecular weight is 242 g/mol. The van der Waals surface area contributed by atoms with Gasteiger partial charge in [-0.1, -0.05) is 30.3 Å². The lowest BCUT2D eigenvalue weighted by Gasteiger charge is -2.20. The summed E-state index contributed by atoms with van der Waals surface area (Å²) in [6, 6.07) is 9.74. The van der Waals surface area contributed by atoms with Crippen molar-refractivity contribution in [1.82, 2.24) is 4.90 Å². The zero-order chi connectivity index (χ0) is 10.7. The van der Waals surface area contributed by atoms with Crippen molar-refractivity contribution in [2.45, 2.75) is 25.4 Å². The number of benzene rings is 1. The number of aliphatic carboxylic acids is 1. The smallest absolute Gasteiger partial charge is 0.320 e. The summed E-state index contributed by atoms with van der Waals surface area (Å²) in [4.78, 5) is 13.0. The van der Waals surface area contributed by atoms with Crippen molar-refractivity contribution in [2.24, 2.45) is 0 Å². The third kappa shape index (κ3) is 2.97. The summed E-state index contributed by atoms with van der Waals surface area (Å²) in [7, 11) is 0. The molecule has 1 aliphatic heterocycles. The largest absolute Gasteiger partial charge is 0.480 e. The molecule has 1 aromatic carbocycles. The number of hydrogen-bond acceptors (Lipinski definition) is 2. The van der Waals surface area contributed by atoms with Crippen molar-refractivity contribution >= 4 is 18.4 Å². The lowest BCUT2D eigenvalue weighted by Crippen LogP contribution is -2.35. The van der Waals surface area contributed by atoms with Crippen LogP contribution in [0.5, 0.6) is 0 Å². The first-order valence-corrected chi connectivity index (χ1v) is 5.28. The highest BCUT2D eigenvalue weighted by molar-refractivity contribution is 5.85. The van der Waals surface area contributed by atoms with Crippen LogP contribution in [0, 0.1) is 0 Å². The van der Waals surface area contributed by atoms with E-state index in [-0.39, 0.29) is 18.4 Å². The van der Waals surface area contributed by atoms with Crippen LogP contribution in [0.15, 0.2) is 30.3 Å². The van der Waals surface area contributed by atoms with Crippen LogP contribution in [-0.2, 0) is 11.3 Å². The molecule has 1 heterocycles. The van der Waals surface area contributed by atoms with E-state index in [2.05, 4.69) is 0 Å². The standard InChI is InChI=1S/C12H15NO2.ClH/c14-12(15)11-7-4-8-13(11)9-10-5-2-1-3-6-10;/h1-3,5-6,11H,4,7-9H2,(H,14,15);1H/t11-;/m1./s1. The Morgan fingerprint density at radius 2 is 2.06 bits per heavy atom. The lowest BCUT2D eigenvalue weighted by atomic mass is 10.2. The molecule has 0 aliphatic carbocycles. The van der Waals surface area contributed by atoms with Gasteiger partial charge in [0.05, 0.1) is 0 Å². The molecule has 1 saturated heterocycles. The number of likely N-dealkylation sites (tertiary alicyclic amines) is 1. The molecule has 0 bridgehead atoms. The Morgan fingerprint density at radius 3 is 2.69 bits per heavy atom. The molecule has 1 aliphatic rings. The van der Waals surface area contributed by atoms with Crippen LogP contribution in [0.4, 0.5) is 0 Å². The Bertz CT molecular complexity index is 342. The fourth-order valence-corrected chi connectivity index (χ4v) is 2.11. The van der Waals surface area contributed by atoms with Crippen LogP contribution < -0.4 is 0 Å². The Balaban J connectivity index is 0.00000128. The monoisotopic (exact) mass is 241 g/mol. The molecule has 0 saturated carbocycles. The van der Waals surface area contributed by atoms with E-state index in [0.717, 1.165) is 25.9 Å². The minimum atomic E-state index is -0.691. The van der Waals surface area contributed by atoms with Gasteiger partial charge in [-0.25, -0.2) is 0 Å². The van der Waals surface area contributed by atoms with Gasteiger partial charge in [0.2, 0.25) is 0 Å². The normalized spacial score (nSPS) is 20.4. The van der Waals surface area contributed by atoms with E-state index < -0.39 is 5.97 Å². The van der Waals surface area contributed by atoms with E-state index >= 15 is 0 Å². The Kier molecular flexibility index (Phi) is 4.77. The summed E-state index contributed by atoms with van der Waals surface area (Å²) in [5, 5.41) is 9.02. The van der Waals surface area contributed by atoms with Crippen LogP contribution in [0.1, 0.15) is 18.4 Å². The summed E-state index contributed by atoms with van der Waals surface area (Å²) in [5.41, 5.74) is 1.19. The van der Waals surface area contributed by atoms with Gasteiger partial charge < -0.3 is 5.11 Å². The quantitative estimate of drug-likeness (QED) is 0.882. The molecule has 1 fully saturated rings. The SMILES string of the molecule is Cl.O=C(O)[C@H]1CCCN1Cc1ccccc1. The van der Waals surface area contributed by atoms with Crippen molar-refractivity contribution < 1.29 is 9.90 Å². The van der Waals surface area contributed by atoms with Gasteiger partial charge in [-0.15, -0.1) is 12.4 Å². The molecule has 0 aromatic heterocycles. The third-order valence-electron chi connectivity index (χ3n) is 2.88. The molecular formula is C12H16ClNO2. The molecule has 88 valence electrons. The summed E-state index contributed by atoms with van der Waals surface area (Å²) < 4.78 is 0. The molecule has 0 spiro atoms. The topological polar surface area (TPSA) is 40.5 Å². The number of rotatable bonds is 3. The average Bonchev–Trinajstić information content (AvgIpc) is 2.67. The zero-order valence-corrected chi connectivity index (χ0v) is 9.82. The Morgan fingerprint density at radius 1 is 1.38 bits per heavy atom. The fraction of sp³-hybridized carbons (Fsp3) is 0.417. The fourth-order valence-electron chi connectivity index (χ4n) is 2.11. The van der Waals surface area contributed by atoms with Gasteiger partial charge >= 0.3 is 5.97 Å². The predicted molar refractivity (Wildman–Crippen MR) is 64.8 cm³/mol. The van der Waals surface area contributed by atoms with Crippen molar-refractivity contribution in [3.8, 4) is 0 Å².